The highest BCUT2D eigenvalue weighted by Crippen LogP contribution is 2.26. The van der Waals surface area contributed by atoms with E-state index in [0.29, 0.717) is 6.07 Å². The van der Waals surface area contributed by atoms with E-state index in [1.807, 2.05) is 0 Å². The van der Waals surface area contributed by atoms with Gasteiger partial charge in [0.05, 0.1) is 5.56 Å². The van der Waals surface area contributed by atoms with Crippen LogP contribution in [0.3, 0.4) is 0 Å². The number of carbonyl (C=O) groups is 1. The third kappa shape index (κ3) is 3.29. The number of rotatable bonds is 3. The highest BCUT2D eigenvalue weighted by Gasteiger charge is 2.25. The minimum atomic E-state index is -1.71. The fourth-order valence-corrected chi connectivity index (χ4v) is 2.56. The molecule has 116 valence electrons. The SMILES string of the molecule is NC1CCCCC1CNC(=O)c1cc(F)c(F)c(O)c1F. The van der Waals surface area contributed by atoms with Crippen molar-refractivity contribution in [1.29, 1.82) is 0 Å². The average Bonchev–Trinajstić information content (AvgIpc) is 2.47. The summed E-state index contributed by atoms with van der Waals surface area (Å²) in [6, 6.07) is 0.391. The predicted octanol–water partition coefficient (Wildman–Crippen LogP) is 2.06. The highest BCUT2D eigenvalue weighted by atomic mass is 19.2. The van der Waals surface area contributed by atoms with Crippen molar-refractivity contribution >= 4 is 5.91 Å². The molecule has 0 heterocycles. The summed E-state index contributed by atoms with van der Waals surface area (Å²) in [6.45, 7) is 0.235. The van der Waals surface area contributed by atoms with E-state index in [1.54, 1.807) is 0 Å². The van der Waals surface area contributed by atoms with Gasteiger partial charge in [0, 0.05) is 12.6 Å². The number of carbonyl (C=O) groups excluding carboxylic acids is 1. The highest BCUT2D eigenvalue weighted by molar-refractivity contribution is 5.95. The third-order valence-electron chi connectivity index (χ3n) is 3.87. The fraction of sp³-hybridized carbons (Fsp3) is 0.500. The smallest absolute Gasteiger partial charge is 0.254 e. The molecule has 21 heavy (non-hydrogen) atoms. The normalized spacial score (nSPS) is 22.1. The number of phenols is 1. The molecule has 0 aromatic heterocycles. The maximum absolute atomic E-state index is 13.6. The Labute approximate surface area is 120 Å². The molecule has 0 saturated heterocycles. The summed E-state index contributed by atoms with van der Waals surface area (Å²) < 4.78 is 39.7. The Kier molecular flexibility index (Phi) is 4.72. The molecular formula is C14H17F3N2O2. The van der Waals surface area contributed by atoms with E-state index in [-0.39, 0.29) is 18.5 Å². The predicted molar refractivity (Wildman–Crippen MR) is 70.2 cm³/mol. The number of benzene rings is 1. The number of hydrogen-bond acceptors (Lipinski definition) is 3. The first-order chi connectivity index (χ1) is 9.91. The van der Waals surface area contributed by atoms with Crippen molar-refractivity contribution < 1.29 is 23.1 Å². The summed E-state index contributed by atoms with van der Waals surface area (Å²) in [5.41, 5.74) is 5.20. The van der Waals surface area contributed by atoms with Gasteiger partial charge in [-0.3, -0.25) is 4.79 Å². The van der Waals surface area contributed by atoms with Gasteiger partial charge in [-0.25, -0.2) is 8.78 Å². The molecule has 2 atom stereocenters. The van der Waals surface area contributed by atoms with Gasteiger partial charge >= 0.3 is 0 Å². The Hall–Kier alpha value is -1.76. The zero-order valence-corrected chi connectivity index (χ0v) is 11.3. The van der Waals surface area contributed by atoms with E-state index in [0.717, 1.165) is 25.7 Å². The monoisotopic (exact) mass is 302 g/mol. The van der Waals surface area contributed by atoms with Gasteiger partial charge in [0.1, 0.15) is 0 Å². The van der Waals surface area contributed by atoms with Crippen molar-refractivity contribution in [2.45, 2.75) is 31.7 Å². The number of nitrogens with one attached hydrogen (secondary N) is 1. The van der Waals surface area contributed by atoms with E-state index < -0.39 is 34.7 Å². The fourth-order valence-electron chi connectivity index (χ4n) is 2.56. The second-order valence-electron chi connectivity index (χ2n) is 5.30. The molecule has 1 aliphatic rings. The number of nitrogens with two attached hydrogens (primary N) is 1. The Bertz CT molecular complexity index is 552. The lowest BCUT2D eigenvalue weighted by atomic mass is 9.85. The first kappa shape index (κ1) is 15.6. The van der Waals surface area contributed by atoms with E-state index in [9.17, 15) is 18.0 Å². The summed E-state index contributed by atoms with van der Waals surface area (Å²) in [7, 11) is 0. The van der Waals surface area contributed by atoms with Gasteiger partial charge < -0.3 is 16.2 Å². The summed E-state index contributed by atoms with van der Waals surface area (Å²) in [4.78, 5) is 11.8. The average molecular weight is 302 g/mol. The molecule has 2 rings (SSSR count). The second-order valence-corrected chi connectivity index (χ2v) is 5.30. The summed E-state index contributed by atoms with van der Waals surface area (Å²) in [5, 5.41) is 11.5. The maximum atomic E-state index is 13.6. The van der Waals surface area contributed by atoms with Crippen LogP contribution < -0.4 is 11.1 Å². The van der Waals surface area contributed by atoms with Gasteiger partial charge in [0.2, 0.25) is 5.82 Å². The van der Waals surface area contributed by atoms with E-state index in [1.165, 1.54) is 0 Å². The van der Waals surface area contributed by atoms with Gasteiger partial charge in [0.25, 0.3) is 5.91 Å². The van der Waals surface area contributed by atoms with E-state index in [2.05, 4.69) is 5.32 Å². The van der Waals surface area contributed by atoms with Crippen molar-refractivity contribution in [1.82, 2.24) is 5.32 Å². The zero-order chi connectivity index (χ0) is 15.6. The molecular weight excluding hydrogens is 285 g/mol. The number of aromatic hydroxyl groups is 1. The molecule has 1 aromatic rings. The maximum Gasteiger partial charge on any atom is 0.254 e. The molecule has 1 fully saturated rings. The Morgan fingerprint density at radius 2 is 1.95 bits per heavy atom. The standard InChI is InChI=1S/C14H17F3N2O2/c15-9-5-8(11(16)13(20)12(9)17)14(21)19-6-7-3-1-2-4-10(7)18/h5,7,10,20H,1-4,6,18H2,(H,19,21). The van der Waals surface area contributed by atoms with Crippen molar-refractivity contribution in [2.24, 2.45) is 11.7 Å². The molecule has 0 bridgehead atoms. The zero-order valence-electron chi connectivity index (χ0n) is 11.3. The number of amides is 1. The largest absolute Gasteiger partial charge is 0.503 e. The topological polar surface area (TPSA) is 75.3 Å². The third-order valence-corrected chi connectivity index (χ3v) is 3.87. The van der Waals surface area contributed by atoms with Crippen molar-refractivity contribution in [2.75, 3.05) is 6.54 Å². The van der Waals surface area contributed by atoms with Crippen LogP contribution in [-0.4, -0.2) is 23.6 Å². The minimum Gasteiger partial charge on any atom is -0.503 e. The van der Waals surface area contributed by atoms with Crippen LogP contribution in [0.1, 0.15) is 36.0 Å². The quantitative estimate of drug-likeness (QED) is 0.748. The molecule has 1 amide bonds. The van der Waals surface area contributed by atoms with Crippen molar-refractivity contribution in [3.63, 3.8) is 0 Å². The lowest BCUT2D eigenvalue weighted by molar-refractivity contribution is 0.0935. The number of hydrogen-bond donors (Lipinski definition) is 3. The Morgan fingerprint density at radius 3 is 2.62 bits per heavy atom. The lowest BCUT2D eigenvalue weighted by Crippen LogP contribution is -2.41. The molecule has 4 N–H and O–H groups in total. The first-order valence-electron chi connectivity index (χ1n) is 6.82. The Balaban J connectivity index is 2.07. The van der Waals surface area contributed by atoms with Crippen LogP contribution in [0.4, 0.5) is 13.2 Å². The van der Waals surface area contributed by atoms with Crippen LogP contribution in [0.5, 0.6) is 5.75 Å². The number of halogens is 3. The van der Waals surface area contributed by atoms with Crippen LogP contribution in [0, 0.1) is 23.4 Å². The molecule has 7 heteroatoms. The summed E-state index contributed by atoms with van der Waals surface area (Å²) >= 11 is 0. The van der Waals surface area contributed by atoms with E-state index in [4.69, 9.17) is 10.8 Å². The van der Waals surface area contributed by atoms with Crippen LogP contribution in [0.15, 0.2) is 6.07 Å². The first-order valence-corrected chi connectivity index (χ1v) is 6.82. The molecule has 1 saturated carbocycles. The van der Waals surface area contributed by atoms with Gasteiger partial charge in [0.15, 0.2) is 17.4 Å². The molecule has 0 aliphatic heterocycles. The van der Waals surface area contributed by atoms with Gasteiger partial charge in [-0.15, -0.1) is 0 Å². The molecule has 2 unspecified atom stereocenters. The van der Waals surface area contributed by atoms with Gasteiger partial charge in [-0.05, 0) is 24.8 Å². The van der Waals surface area contributed by atoms with Crippen LogP contribution >= 0.6 is 0 Å². The van der Waals surface area contributed by atoms with Crippen molar-refractivity contribution in [3.05, 3.63) is 29.1 Å². The Morgan fingerprint density at radius 1 is 1.29 bits per heavy atom. The van der Waals surface area contributed by atoms with Crippen molar-refractivity contribution in [3.8, 4) is 5.75 Å². The van der Waals surface area contributed by atoms with Gasteiger partial charge in [-0.2, -0.15) is 4.39 Å². The lowest BCUT2D eigenvalue weighted by Gasteiger charge is -2.28. The minimum absolute atomic E-state index is 0.0396. The second kappa shape index (κ2) is 6.34. The molecule has 1 aromatic carbocycles. The van der Waals surface area contributed by atoms with Crippen LogP contribution in [0.2, 0.25) is 0 Å². The molecule has 1 aliphatic carbocycles. The summed E-state index contributed by atoms with van der Waals surface area (Å²) in [5.74, 6) is -6.98. The van der Waals surface area contributed by atoms with Crippen LogP contribution in [-0.2, 0) is 0 Å². The molecule has 0 spiro atoms. The number of phenolic OH excluding ortho intramolecular Hbond substituents is 1. The molecule has 4 nitrogen and oxygen atoms in total. The molecule has 0 radical (unpaired) electrons. The van der Waals surface area contributed by atoms with Crippen LogP contribution in [0.25, 0.3) is 0 Å². The van der Waals surface area contributed by atoms with Gasteiger partial charge in [-0.1, -0.05) is 12.8 Å². The van der Waals surface area contributed by atoms with E-state index >= 15 is 0 Å². The summed E-state index contributed by atoms with van der Waals surface area (Å²) in [6.07, 6.45) is 3.76.